The van der Waals surface area contributed by atoms with E-state index < -0.39 is 0 Å². The van der Waals surface area contributed by atoms with Gasteiger partial charge in [0.25, 0.3) is 0 Å². The van der Waals surface area contributed by atoms with Gasteiger partial charge < -0.3 is 9.80 Å². The normalized spacial score (nSPS) is 15.6. The molecule has 0 aliphatic heterocycles. The molecule has 0 spiro atoms. The average molecular weight is 766 g/mol. The maximum Gasteiger partial charge on any atom is 0.0887 e. The minimum absolute atomic E-state index is 0.0602. The summed E-state index contributed by atoms with van der Waals surface area (Å²) in [6.45, 7) is 15.9. The molecule has 0 fully saturated rings. The van der Waals surface area contributed by atoms with Gasteiger partial charge in [-0.2, -0.15) is 0 Å². The Balaban J connectivity index is 1.42. The van der Waals surface area contributed by atoms with Gasteiger partial charge in [-0.3, -0.25) is 0 Å². The zero-order chi connectivity index (χ0) is 39.5. The van der Waals surface area contributed by atoms with Crippen LogP contribution in [-0.4, -0.2) is 0 Å². The van der Waals surface area contributed by atoms with E-state index in [-0.39, 0.29) is 10.8 Å². The Morgan fingerprint density at radius 1 is 0.393 bits per heavy atom. The van der Waals surface area contributed by atoms with Gasteiger partial charge >= 0.3 is 0 Å². The second kappa shape index (κ2) is 17.2. The zero-order valence-corrected chi connectivity index (χ0v) is 36.2. The van der Waals surface area contributed by atoms with Gasteiger partial charge in [-0.15, -0.1) is 0 Å². The zero-order valence-electron chi connectivity index (χ0n) is 35.4. The van der Waals surface area contributed by atoms with Crippen LogP contribution in [0, 0.1) is 6.92 Å². The number of anilines is 6. The summed E-state index contributed by atoms with van der Waals surface area (Å²) in [7, 11) is 0. The summed E-state index contributed by atoms with van der Waals surface area (Å²) in [5.41, 5.74) is 16.6. The summed E-state index contributed by atoms with van der Waals surface area (Å²) < 4.78 is 0. The van der Waals surface area contributed by atoms with Crippen LogP contribution < -0.4 is 9.80 Å². The highest BCUT2D eigenvalue weighted by Gasteiger charge is 2.26. The molecule has 5 aromatic carbocycles. The summed E-state index contributed by atoms with van der Waals surface area (Å²) in [6, 6.07) is 37.3. The van der Waals surface area contributed by atoms with Crippen LogP contribution in [0.2, 0.25) is 5.02 Å². The Labute approximate surface area is 344 Å². The molecule has 5 aromatic rings. The second-order valence-corrected chi connectivity index (χ2v) is 19.2. The third-order valence-corrected chi connectivity index (χ3v) is 12.7. The van der Waals surface area contributed by atoms with Gasteiger partial charge in [0.15, 0.2) is 0 Å². The molecule has 0 heterocycles. The molecule has 0 amide bonds. The van der Waals surface area contributed by atoms with Crippen LogP contribution in [0.15, 0.2) is 97.1 Å². The van der Waals surface area contributed by atoms with Gasteiger partial charge in [0, 0.05) is 22.7 Å². The van der Waals surface area contributed by atoms with Gasteiger partial charge in [-0.05, 0) is 169 Å². The fraction of sp³-hybridized carbons (Fsp3) is 0.434. The Morgan fingerprint density at radius 3 is 1.09 bits per heavy atom. The van der Waals surface area contributed by atoms with Crippen molar-refractivity contribution in [3.05, 3.63) is 141 Å². The maximum atomic E-state index is 7.92. The SMILES string of the molecule is Cc1cc(N(c2ccc(C(C)(C)C)cc2)c2ccc(C(C)(C)C)cc2)c(Cl)c(N(c2ccc3c(c2)CCCCCCC3)c2ccc3c(c2)CCCCCCC3)c1. The number of halogens is 1. The maximum absolute atomic E-state index is 7.92. The topological polar surface area (TPSA) is 6.48 Å². The molecule has 0 N–H and O–H groups in total. The molecule has 0 aromatic heterocycles. The first-order valence-corrected chi connectivity index (χ1v) is 22.1. The van der Waals surface area contributed by atoms with E-state index in [2.05, 4.69) is 155 Å². The number of hydrogen-bond donors (Lipinski definition) is 0. The molecule has 7 rings (SSSR count). The van der Waals surface area contributed by atoms with Crippen LogP contribution in [0.3, 0.4) is 0 Å². The van der Waals surface area contributed by atoms with Crippen molar-refractivity contribution in [2.75, 3.05) is 9.80 Å². The second-order valence-electron chi connectivity index (χ2n) is 18.8. The lowest BCUT2D eigenvalue weighted by Crippen LogP contribution is -2.17. The van der Waals surface area contributed by atoms with Crippen molar-refractivity contribution in [3.8, 4) is 0 Å². The minimum Gasteiger partial charge on any atom is -0.309 e. The Hall–Kier alpha value is -4.01. The molecule has 56 heavy (non-hydrogen) atoms. The van der Waals surface area contributed by atoms with E-state index in [0.29, 0.717) is 0 Å². The molecule has 2 nitrogen and oxygen atoms in total. The Morgan fingerprint density at radius 2 is 0.714 bits per heavy atom. The van der Waals surface area contributed by atoms with Gasteiger partial charge in [-0.1, -0.05) is 128 Å². The quantitative estimate of drug-likeness (QED) is 0.170. The van der Waals surface area contributed by atoms with E-state index in [1.54, 1.807) is 0 Å². The lowest BCUT2D eigenvalue weighted by molar-refractivity contribution is 0.590. The molecule has 0 saturated heterocycles. The van der Waals surface area contributed by atoms with Crippen molar-refractivity contribution in [2.24, 2.45) is 0 Å². The van der Waals surface area contributed by atoms with Crippen molar-refractivity contribution in [1.29, 1.82) is 0 Å². The van der Waals surface area contributed by atoms with Gasteiger partial charge in [-0.25, -0.2) is 0 Å². The van der Waals surface area contributed by atoms with E-state index >= 15 is 0 Å². The van der Waals surface area contributed by atoms with Crippen LogP contribution in [0.4, 0.5) is 34.1 Å². The van der Waals surface area contributed by atoms with E-state index in [1.165, 1.54) is 127 Å². The lowest BCUT2D eigenvalue weighted by atomic mass is 9.86. The monoisotopic (exact) mass is 764 g/mol. The summed E-state index contributed by atoms with van der Waals surface area (Å²) in [5, 5.41) is 0.752. The highest BCUT2D eigenvalue weighted by molar-refractivity contribution is 6.36. The summed E-state index contributed by atoms with van der Waals surface area (Å²) in [6.07, 6.45) is 17.6. The highest BCUT2D eigenvalue weighted by atomic mass is 35.5. The highest BCUT2D eigenvalue weighted by Crippen LogP contribution is 2.48. The third-order valence-electron chi connectivity index (χ3n) is 12.3. The van der Waals surface area contributed by atoms with Gasteiger partial charge in [0.2, 0.25) is 0 Å². The van der Waals surface area contributed by atoms with E-state index in [0.717, 1.165) is 40.6 Å². The van der Waals surface area contributed by atoms with Crippen LogP contribution in [0.5, 0.6) is 0 Å². The summed E-state index contributed by atoms with van der Waals surface area (Å²) in [4.78, 5) is 4.84. The number of aryl methyl sites for hydroxylation is 5. The molecule has 0 atom stereocenters. The molecule has 0 radical (unpaired) electrons. The van der Waals surface area contributed by atoms with E-state index in [1.807, 2.05) is 0 Å². The van der Waals surface area contributed by atoms with Crippen molar-refractivity contribution >= 4 is 45.7 Å². The first kappa shape index (κ1) is 40.2. The first-order valence-electron chi connectivity index (χ1n) is 21.7. The van der Waals surface area contributed by atoms with Crippen LogP contribution in [-0.2, 0) is 36.5 Å². The third kappa shape index (κ3) is 9.23. The van der Waals surface area contributed by atoms with E-state index in [4.69, 9.17) is 11.6 Å². The number of rotatable bonds is 6. The standard InChI is InChI=1S/C53H65ClN2/c1-38-34-49(55(45-30-24-43(25-31-45)52(2,3)4)46-32-26-44(27-33-46)53(5,6)7)51(54)50(35-38)56(47-28-22-39-18-14-10-8-12-16-20-41(39)36-47)48-29-23-40-19-15-11-9-13-17-21-42(40)37-48/h22-37H,8-21H2,1-7H3. The lowest BCUT2D eigenvalue weighted by Gasteiger charge is -2.33. The van der Waals surface area contributed by atoms with Crippen molar-refractivity contribution in [1.82, 2.24) is 0 Å². The number of nitrogens with zero attached hydrogens (tertiary/aromatic N) is 2. The molecule has 2 aliphatic carbocycles. The molecular weight excluding hydrogens is 700 g/mol. The Kier molecular flexibility index (Phi) is 12.4. The first-order chi connectivity index (χ1) is 26.9. The molecule has 0 bridgehead atoms. The smallest absolute Gasteiger partial charge is 0.0887 e. The van der Waals surface area contributed by atoms with Crippen LogP contribution in [0.1, 0.15) is 145 Å². The molecule has 0 unspecified atom stereocenters. The molecule has 294 valence electrons. The van der Waals surface area contributed by atoms with Crippen molar-refractivity contribution in [3.63, 3.8) is 0 Å². The molecule has 0 saturated carbocycles. The predicted molar refractivity (Wildman–Crippen MR) is 244 cm³/mol. The fourth-order valence-electron chi connectivity index (χ4n) is 8.91. The largest absolute Gasteiger partial charge is 0.309 e. The van der Waals surface area contributed by atoms with Crippen molar-refractivity contribution in [2.45, 2.75) is 149 Å². The van der Waals surface area contributed by atoms with Crippen LogP contribution >= 0.6 is 11.6 Å². The predicted octanol–water partition coefficient (Wildman–Crippen LogP) is 16.3. The van der Waals surface area contributed by atoms with E-state index in [9.17, 15) is 0 Å². The van der Waals surface area contributed by atoms with Gasteiger partial charge in [0.05, 0.1) is 16.4 Å². The number of fused-ring (bicyclic) bond motifs is 2. The molecular formula is C53H65ClN2. The molecule has 3 heteroatoms. The number of benzene rings is 5. The Bertz CT molecular complexity index is 1970. The number of hydrogen-bond acceptors (Lipinski definition) is 2. The average Bonchev–Trinajstić information content (AvgIpc) is 3.37. The minimum atomic E-state index is 0.0602. The summed E-state index contributed by atoms with van der Waals surface area (Å²) >= 11 is 7.92. The fourth-order valence-corrected chi connectivity index (χ4v) is 9.19. The van der Waals surface area contributed by atoms with Crippen molar-refractivity contribution < 1.29 is 0 Å². The molecule has 2 aliphatic rings. The van der Waals surface area contributed by atoms with Gasteiger partial charge in [0.1, 0.15) is 0 Å². The van der Waals surface area contributed by atoms with Crippen LogP contribution in [0.25, 0.3) is 0 Å². The summed E-state index contributed by atoms with van der Waals surface area (Å²) in [5.74, 6) is 0.